The van der Waals surface area contributed by atoms with Crippen molar-refractivity contribution >= 4 is 50.1 Å². The van der Waals surface area contributed by atoms with Crippen molar-refractivity contribution in [2.75, 3.05) is 5.75 Å². The lowest BCUT2D eigenvalue weighted by Gasteiger charge is -2.09. The molecule has 8 heteroatoms. The van der Waals surface area contributed by atoms with Gasteiger partial charge in [-0.3, -0.25) is 4.79 Å². The number of halogens is 1. The highest BCUT2D eigenvalue weighted by Crippen LogP contribution is 2.33. The van der Waals surface area contributed by atoms with E-state index in [0.29, 0.717) is 11.6 Å². The highest BCUT2D eigenvalue weighted by molar-refractivity contribution is 8.00. The van der Waals surface area contributed by atoms with Gasteiger partial charge in [0.25, 0.3) is 0 Å². The minimum Gasteiger partial charge on any atom is -0.351 e. The zero-order valence-corrected chi connectivity index (χ0v) is 16.6. The second-order valence-electron chi connectivity index (χ2n) is 5.85. The molecule has 0 aromatic heterocycles. The van der Waals surface area contributed by atoms with E-state index >= 15 is 0 Å². The van der Waals surface area contributed by atoms with Crippen molar-refractivity contribution in [1.82, 2.24) is 5.32 Å². The molecule has 3 rings (SSSR count). The molecule has 0 atom stereocenters. The molecule has 3 N–H and O–H groups in total. The average Bonchev–Trinajstić information content (AvgIpc) is 2.64. The van der Waals surface area contributed by atoms with Gasteiger partial charge in [-0.2, -0.15) is 0 Å². The molecule has 3 aromatic carbocycles. The fraction of sp³-hybridized carbons (Fsp3) is 0.105. The molecule has 0 aliphatic heterocycles. The summed E-state index contributed by atoms with van der Waals surface area (Å²) in [7, 11) is -3.71. The van der Waals surface area contributed by atoms with Crippen LogP contribution in [0.4, 0.5) is 0 Å². The van der Waals surface area contributed by atoms with Gasteiger partial charge in [-0.15, -0.1) is 11.8 Å². The van der Waals surface area contributed by atoms with Crippen molar-refractivity contribution in [2.24, 2.45) is 5.14 Å². The van der Waals surface area contributed by atoms with Crippen LogP contribution in [0.1, 0.15) is 5.56 Å². The molecule has 0 spiro atoms. The predicted octanol–water partition coefficient (Wildman–Crippen LogP) is 3.55. The number of nitrogens with two attached hydrogens (primary N) is 1. The van der Waals surface area contributed by atoms with Crippen LogP contribution in [0.15, 0.2) is 70.5 Å². The van der Waals surface area contributed by atoms with E-state index < -0.39 is 10.0 Å². The minimum absolute atomic E-state index is 0.0426. The quantitative estimate of drug-likeness (QED) is 0.597. The van der Waals surface area contributed by atoms with Crippen LogP contribution in [0, 0.1) is 0 Å². The standard InChI is InChI=1S/C19H17ClN2O3S2/c20-16-5-1-3-14-4-2-6-17(19(14)16)26-12-18(23)22-11-13-7-9-15(10-8-13)27(21,24)25/h1-10H,11-12H2,(H,22,23)(H2,21,24,25). The fourth-order valence-electron chi connectivity index (χ4n) is 2.57. The molecule has 3 aromatic rings. The van der Waals surface area contributed by atoms with E-state index in [-0.39, 0.29) is 16.6 Å². The lowest BCUT2D eigenvalue weighted by Crippen LogP contribution is -2.24. The number of hydrogen-bond acceptors (Lipinski definition) is 4. The van der Waals surface area contributed by atoms with Gasteiger partial charge in [0.05, 0.1) is 10.6 Å². The largest absolute Gasteiger partial charge is 0.351 e. The van der Waals surface area contributed by atoms with Crippen LogP contribution in [0.5, 0.6) is 0 Å². The van der Waals surface area contributed by atoms with Gasteiger partial charge < -0.3 is 5.32 Å². The first-order valence-corrected chi connectivity index (χ1v) is 10.9. The number of rotatable bonds is 6. The Labute approximate surface area is 167 Å². The normalized spacial score (nSPS) is 11.5. The maximum absolute atomic E-state index is 12.2. The van der Waals surface area contributed by atoms with Crippen molar-refractivity contribution in [3.8, 4) is 0 Å². The number of amides is 1. The third-order valence-electron chi connectivity index (χ3n) is 3.92. The van der Waals surface area contributed by atoms with E-state index in [2.05, 4.69) is 5.32 Å². The van der Waals surface area contributed by atoms with E-state index in [4.69, 9.17) is 16.7 Å². The van der Waals surface area contributed by atoms with Crippen LogP contribution in [0.25, 0.3) is 10.8 Å². The molecule has 0 unspecified atom stereocenters. The summed E-state index contributed by atoms with van der Waals surface area (Å²) in [6.07, 6.45) is 0. The second kappa shape index (κ2) is 8.31. The van der Waals surface area contributed by atoms with Crippen molar-refractivity contribution in [1.29, 1.82) is 0 Å². The van der Waals surface area contributed by atoms with E-state index in [1.807, 2.05) is 36.4 Å². The Morgan fingerprint density at radius 1 is 1.04 bits per heavy atom. The van der Waals surface area contributed by atoms with Gasteiger partial charge in [-0.25, -0.2) is 13.6 Å². The maximum atomic E-state index is 12.2. The van der Waals surface area contributed by atoms with Crippen molar-refractivity contribution in [2.45, 2.75) is 16.3 Å². The molecule has 0 radical (unpaired) electrons. The van der Waals surface area contributed by atoms with Gasteiger partial charge in [0, 0.05) is 21.8 Å². The predicted molar refractivity (Wildman–Crippen MR) is 109 cm³/mol. The van der Waals surface area contributed by atoms with E-state index in [1.165, 1.54) is 23.9 Å². The van der Waals surface area contributed by atoms with Crippen LogP contribution in [-0.4, -0.2) is 20.1 Å². The molecule has 0 saturated carbocycles. The van der Waals surface area contributed by atoms with Gasteiger partial charge in [0.2, 0.25) is 15.9 Å². The molecule has 0 aliphatic rings. The van der Waals surface area contributed by atoms with Gasteiger partial charge >= 0.3 is 0 Å². The molecule has 5 nitrogen and oxygen atoms in total. The number of benzene rings is 3. The summed E-state index contributed by atoms with van der Waals surface area (Å²) in [6, 6.07) is 17.7. The molecule has 1 amide bonds. The number of fused-ring (bicyclic) bond motifs is 1. The van der Waals surface area contributed by atoms with Crippen LogP contribution >= 0.6 is 23.4 Å². The number of primary sulfonamides is 1. The zero-order valence-electron chi connectivity index (χ0n) is 14.2. The molecule has 140 valence electrons. The summed E-state index contributed by atoms with van der Waals surface area (Å²) in [5, 5.41) is 10.5. The number of carbonyl (C=O) groups is 1. The summed E-state index contributed by atoms with van der Waals surface area (Å²) < 4.78 is 22.5. The Kier molecular flexibility index (Phi) is 6.06. The van der Waals surface area contributed by atoms with Crippen molar-refractivity contribution in [3.63, 3.8) is 0 Å². The molecule has 0 bridgehead atoms. The van der Waals surface area contributed by atoms with E-state index in [9.17, 15) is 13.2 Å². The third-order valence-corrected chi connectivity index (χ3v) is 6.22. The summed E-state index contributed by atoms with van der Waals surface area (Å²) in [5.74, 6) is 0.124. The van der Waals surface area contributed by atoms with Crippen LogP contribution in [-0.2, 0) is 21.4 Å². The molecular weight excluding hydrogens is 404 g/mol. The van der Waals surface area contributed by atoms with E-state index in [0.717, 1.165) is 21.2 Å². The lowest BCUT2D eigenvalue weighted by molar-refractivity contribution is -0.118. The Morgan fingerprint density at radius 3 is 2.37 bits per heavy atom. The van der Waals surface area contributed by atoms with Gasteiger partial charge in [-0.1, -0.05) is 48.0 Å². The molecule has 0 aliphatic carbocycles. The molecule has 27 heavy (non-hydrogen) atoms. The van der Waals surface area contributed by atoms with Crippen molar-refractivity contribution < 1.29 is 13.2 Å². The Balaban J connectivity index is 1.59. The smallest absolute Gasteiger partial charge is 0.238 e. The summed E-state index contributed by atoms with van der Waals surface area (Å²) in [4.78, 5) is 13.1. The second-order valence-corrected chi connectivity index (χ2v) is 8.83. The summed E-state index contributed by atoms with van der Waals surface area (Å²) in [5.41, 5.74) is 0.786. The summed E-state index contributed by atoms with van der Waals surface area (Å²) in [6.45, 7) is 0.306. The third kappa shape index (κ3) is 5.01. The van der Waals surface area contributed by atoms with Crippen LogP contribution in [0.3, 0.4) is 0 Å². The SMILES string of the molecule is NS(=O)(=O)c1ccc(CNC(=O)CSc2cccc3cccc(Cl)c23)cc1. The summed E-state index contributed by atoms with van der Waals surface area (Å²) >= 11 is 7.72. The topological polar surface area (TPSA) is 89.3 Å². The highest BCUT2D eigenvalue weighted by Gasteiger charge is 2.09. The number of sulfonamides is 1. The first-order valence-electron chi connectivity index (χ1n) is 8.03. The number of thioether (sulfide) groups is 1. The number of carbonyl (C=O) groups excluding carboxylic acids is 1. The van der Waals surface area contributed by atoms with Crippen LogP contribution in [0.2, 0.25) is 5.02 Å². The molecular formula is C19H17ClN2O3S2. The molecule has 0 fully saturated rings. The van der Waals surface area contributed by atoms with Crippen LogP contribution < -0.4 is 10.5 Å². The maximum Gasteiger partial charge on any atom is 0.238 e. The zero-order chi connectivity index (χ0) is 19.4. The number of hydrogen-bond donors (Lipinski definition) is 2. The molecule has 0 saturated heterocycles. The van der Waals surface area contributed by atoms with Gasteiger partial charge in [0.15, 0.2) is 0 Å². The first-order chi connectivity index (χ1) is 12.8. The lowest BCUT2D eigenvalue weighted by atomic mass is 10.1. The minimum atomic E-state index is -3.71. The van der Waals surface area contributed by atoms with Gasteiger partial charge in [-0.05, 0) is 35.2 Å². The van der Waals surface area contributed by atoms with Crippen molar-refractivity contribution in [3.05, 3.63) is 71.2 Å². The highest BCUT2D eigenvalue weighted by atomic mass is 35.5. The molecule has 0 heterocycles. The average molecular weight is 421 g/mol. The van der Waals surface area contributed by atoms with E-state index in [1.54, 1.807) is 12.1 Å². The Morgan fingerprint density at radius 2 is 1.70 bits per heavy atom. The monoisotopic (exact) mass is 420 g/mol. The first kappa shape index (κ1) is 19.7. The Hall–Kier alpha value is -2.06. The number of nitrogens with one attached hydrogen (secondary N) is 1. The Bertz CT molecular complexity index is 1080. The van der Waals surface area contributed by atoms with Gasteiger partial charge in [0.1, 0.15) is 0 Å². The fourth-order valence-corrected chi connectivity index (χ4v) is 4.37.